The van der Waals surface area contributed by atoms with Crippen LogP contribution in [0.2, 0.25) is 0 Å². The Labute approximate surface area is 101 Å². The van der Waals surface area contributed by atoms with E-state index in [1.165, 1.54) is 11.1 Å². The van der Waals surface area contributed by atoms with Crippen molar-refractivity contribution in [1.82, 2.24) is 0 Å². The minimum Gasteiger partial charge on any atom is -0.0622 e. The van der Waals surface area contributed by atoms with Crippen molar-refractivity contribution in [2.45, 2.75) is 53.9 Å². The molecule has 0 spiro atoms. The van der Waals surface area contributed by atoms with Crippen LogP contribution in [0.5, 0.6) is 0 Å². The molecule has 0 nitrogen and oxygen atoms in total. The van der Waals surface area contributed by atoms with E-state index in [1.54, 1.807) is 0 Å². The number of hydrogen-bond acceptors (Lipinski definition) is 0. The number of aryl methyl sites for hydroxylation is 1. The second kappa shape index (κ2) is 5.03. The van der Waals surface area contributed by atoms with Crippen molar-refractivity contribution in [3.8, 4) is 0 Å². The molecule has 0 aromatic heterocycles. The first kappa shape index (κ1) is 13.3. The van der Waals surface area contributed by atoms with Gasteiger partial charge in [0.15, 0.2) is 0 Å². The van der Waals surface area contributed by atoms with Crippen LogP contribution in [0.1, 0.15) is 58.6 Å². The minimum atomic E-state index is 0.335. The highest BCUT2D eigenvalue weighted by molar-refractivity contribution is 5.27. The van der Waals surface area contributed by atoms with Crippen molar-refractivity contribution in [3.05, 3.63) is 35.4 Å². The van der Waals surface area contributed by atoms with Gasteiger partial charge in [-0.1, -0.05) is 65.8 Å². The maximum absolute atomic E-state index is 2.34. The molecule has 0 aliphatic carbocycles. The molecule has 0 N–H and O–H groups in total. The SMILES string of the molecule is CCc1ccc(C(C(C)C)C(C)(C)C)cc1. The lowest BCUT2D eigenvalue weighted by molar-refractivity contribution is 0.258. The topological polar surface area (TPSA) is 0 Å². The quantitative estimate of drug-likeness (QED) is 0.667. The Hall–Kier alpha value is -0.780. The summed E-state index contributed by atoms with van der Waals surface area (Å²) in [6, 6.07) is 9.18. The van der Waals surface area contributed by atoms with Crippen LogP contribution in [-0.4, -0.2) is 0 Å². The van der Waals surface area contributed by atoms with Crippen LogP contribution in [0.3, 0.4) is 0 Å². The second-order valence-electron chi connectivity index (χ2n) is 6.18. The summed E-state index contributed by atoms with van der Waals surface area (Å²) in [5, 5.41) is 0. The van der Waals surface area contributed by atoms with E-state index >= 15 is 0 Å². The van der Waals surface area contributed by atoms with Gasteiger partial charge in [0.1, 0.15) is 0 Å². The smallest absolute Gasteiger partial charge is 0.00902 e. The lowest BCUT2D eigenvalue weighted by Crippen LogP contribution is -2.23. The van der Waals surface area contributed by atoms with Crippen molar-refractivity contribution in [2.24, 2.45) is 11.3 Å². The summed E-state index contributed by atoms with van der Waals surface area (Å²) in [5.41, 5.74) is 3.25. The minimum absolute atomic E-state index is 0.335. The summed E-state index contributed by atoms with van der Waals surface area (Å²) in [6.07, 6.45) is 1.13. The molecule has 1 rings (SSSR count). The molecular formula is C16H26. The fraction of sp³-hybridized carbons (Fsp3) is 0.625. The Morgan fingerprint density at radius 1 is 1.00 bits per heavy atom. The van der Waals surface area contributed by atoms with E-state index in [0.717, 1.165) is 6.42 Å². The Kier molecular flexibility index (Phi) is 4.18. The van der Waals surface area contributed by atoms with Crippen molar-refractivity contribution in [1.29, 1.82) is 0 Å². The van der Waals surface area contributed by atoms with Crippen molar-refractivity contribution in [3.63, 3.8) is 0 Å². The molecule has 0 saturated carbocycles. The van der Waals surface area contributed by atoms with Crippen LogP contribution in [0.15, 0.2) is 24.3 Å². The van der Waals surface area contributed by atoms with Crippen molar-refractivity contribution in [2.75, 3.05) is 0 Å². The third kappa shape index (κ3) is 3.10. The maximum atomic E-state index is 2.34. The zero-order valence-electron chi connectivity index (χ0n) is 11.7. The van der Waals surface area contributed by atoms with E-state index in [0.29, 0.717) is 17.3 Å². The first-order valence-electron chi connectivity index (χ1n) is 6.45. The summed E-state index contributed by atoms with van der Waals surface area (Å²) < 4.78 is 0. The maximum Gasteiger partial charge on any atom is -0.00902 e. The molecule has 0 aliphatic heterocycles. The fourth-order valence-corrected chi connectivity index (χ4v) is 2.85. The summed E-state index contributed by atoms with van der Waals surface area (Å²) in [6.45, 7) is 13.9. The van der Waals surface area contributed by atoms with E-state index in [9.17, 15) is 0 Å². The molecule has 0 heteroatoms. The first-order chi connectivity index (χ1) is 7.36. The van der Waals surface area contributed by atoms with Gasteiger partial charge in [0, 0.05) is 0 Å². The standard InChI is InChI=1S/C16H26/c1-7-13-8-10-14(11-9-13)15(12(2)3)16(4,5)6/h8-12,15H,7H2,1-6H3. The third-order valence-electron chi connectivity index (χ3n) is 3.35. The van der Waals surface area contributed by atoms with Gasteiger partial charge in [-0.3, -0.25) is 0 Å². The summed E-state index contributed by atoms with van der Waals surface area (Å²) in [7, 11) is 0. The third-order valence-corrected chi connectivity index (χ3v) is 3.35. The molecule has 1 aromatic carbocycles. The van der Waals surface area contributed by atoms with Gasteiger partial charge in [-0.25, -0.2) is 0 Å². The summed E-state index contributed by atoms with van der Waals surface area (Å²) >= 11 is 0. The lowest BCUT2D eigenvalue weighted by atomic mass is 9.70. The zero-order valence-corrected chi connectivity index (χ0v) is 11.7. The van der Waals surface area contributed by atoms with Gasteiger partial charge in [0.25, 0.3) is 0 Å². The van der Waals surface area contributed by atoms with Crippen molar-refractivity contribution >= 4 is 0 Å². The van der Waals surface area contributed by atoms with Gasteiger partial charge in [-0.15, -0.1) is 0 Å². The largest absolute Gasteiger partial charge is 0.0622 e. The van der Waals surface area contributed by atoms with E-state index in [2.05, 4.69) is 65.8 Å². The van der Waals surface area contributed by atoms with Gasteiger partial charge in [0.2, 0.25) is 0 Å². The molecule has 1 unspecified atom stereocenters. The predicted molar refractivity (Wildman–Crippen MR) is 72.9 cm³/mol. The van der Waals surface area contributed by atoms with Crippen LogP contribution >= 0.6 is 0 Å². The van der Waals surface area contributed by atoms with Gasteiger partial charge in [-0.2, -0.15) is 0 Å². The Bertz CT molecular complexity index is 311. The van der Waals surface area contributed by atoms with E-state index < -0.39 is 0 Å². The molecule has 0 aliphatic rings. The molecule has 1 atom stereocenters. The molecule has 0 amide bonds. The van der Waals surface area contributed by atoms with Crippen LogP contribution in [-0.2, 0) is 6.42 Å². The van der Waals surface area contributed by atoms with Gasteiger partial charge in [-0.05, 0) is 34.8 Å². The molecule has 0 heterocycles. The number of rotatable bonds is 3. The number of hydrogen-bond donors (Lipinski definition) is 0. The van der Waals surface area contributed by atoms with Crippen molar-refractivity contribution < 1.29 is 0 Å². The molecule has 0 fully saturated rings. The lowest BCUT2D eigenvalue weighted by Gasteiger charge is -2.34. The van der Waals surface area contributed by atoms with Crippen LogP contribution < -0.4 is 0 Å². The molecule has 0 radical (unpaired) electrons. The van der Waals surface area contributed by atoms with Crippen LogP contribution in [0.25, 0.3) is 0 Å². The van der Waals surface area contributed by atoms with E-state index in [1.807, 2.05) is 0 Å². The molecule has 16 heavy (non-hydrogen) atoms. The second-order valence-corrected chi connectivity index (χ2v) is 6.18. The fourth-order valence-electron chi connectivity index (χ4n) is 2.85. The molecule has 0 bridgehead atoms. The van der Waals surface area contributed by atoms with E-state index in [-0.39, 0.29) is 0 Å². The Morgan fingerprint density at radius 2 is 1.50 bits per heavy atom. The zero-order chi connectivity index (χ0) is 12.3. The monoisotopic (exact) mass is 218 g/mol. The molecule has 90 valence electrons. The normalized spacial score (nSPS) is 14.2. The highest BCUT2D eigenvalue weighted by Gasteiger charge is 2.28. The Morgan fingerprint density at radius 3 is 1.81 bits per heavy atom. The van der Waals surface area contributed by atoms with Gasteiger partial charge < -0.3 is 0 Å². The average Bonchev–Trinajstić information content (AvgIpc) is 2.16. The molecule has 1 aromatic rings. The molecule has 0 saturated heterocycles. The van der Waals surface area contributed by atoms with Gasteiger partial charge in [0.05, 0.1) is 0 Å². The van der Waals surface area contributed by atoms with E-state index in [4.69, 9.17) is 0 Å². The van der Waals surface area contributed by atoms with Gasteiger partial charge >= 0.3 is 0 Å². The summed E-state index contributed by atoms with van der Waals surface area (Å²) in [5.74, 6) is 1.32. The number of benzene rings is 1. The van der Waals surface area contributed by atoms with Crippen LogP contribution in [0, 0.1) is 11.3 Å². The van der Waals surface area contributed by atoms with Crippen LogP contribution in [0.4, 0.5) is 0 Å². The predicted octanol–water partition coefficient (Wildman–Crippen LogP) is 5.03. The first-order valence-corrected chi connectivity index (χ1v) is 6.45. The summed E-state index contributed by atoms with van der Waals surface area (Å²) in [4.78, 5) is 0. The average molecular weight is 218 g/mol. The Balaban J connectivity index is 3.03. The molecular weight excluding hydrogens is 192 g/mol. The highest BCUT2D eigenvalue weighted by atomic mass is 14.3. The highest BCUT2D eigenvalue weighted by Crippen LogP contribution is 2.40.